The molecule has 0 unspecified atom stereocenters. The number of nitrogens with zero attached hydrogens (tertiary/aromatic N) is 1. The largest absolute Gasteiger partial charge is 0.368 e. The summed E-state index contributed by atoms with van der Waals surface area (Å²) in [5.41, 5.74) is 0. The van der Waals surface area contributed by atoms with Crippen molar-refractivity contribution in [1.29, 1.82) is 0 Å². The smallest absolute Gasteiger partial charge is 0.121 e. The molecule has 0 bridgehead atoms. The highest BCUT2D eigenvalue weighted by atomic mass is 15.1. The van der Waals surface area contributed by atoms with Gasteiger partial charge in [-0.25, -0.2) is 4.99 Å². The van der Waals surface area contributed by atoms with E-state index >= 15 is 0 Å². The van der Waals surface area contributed by atoms with E-state index in [0.717, 1.165) is 5.82 Å². The zero-order valence-corrected chi connectivity index (χ0v) is 6.43. The van der Waals surface area contributed by atoms with Gasteiger partial charge in [-0.2, -0.15) is 0 Å². The van der Waals surface area contributed by atoms with Crippen molar-refractivity contribution in [3.63, 3.8) is 0 Å². The second-order valence-corrected chi connectivity index (χ2v) is 2.60. The number of hydrogen-bond donors (Lipinski definition) is 1. The van der Waals surface area contributed by atoms with Gasteiger partial charge in [-0.1, -0.05) is 0 Å². The molecule has 10 heavy (non-hydrogen) atoms. The van der Waals surface area contributed by atoms with E-state index in [9.17, 15) is 0 Å². The summed E-state index contributed by atoms with van der Waals surface area (Å²) >= 11 is 0. The minimum Gasteiger partial charge on any atom is -0.368 e. The van der Waals surface area contributed by atoms with Crippen LogP contribution < -0.4 is 5.32 Å². The van der Waals surface area contributed by atoms with Crippen LogP contribution in [0.2, 0.25) is 0 Å². The van der Waals surface area contributed by atoms with Gasteiger partial charge in [-0.15, -0.1) is 0 Å². The van der Waals surface area contributed by atoms with Gasteiger partial charge >= 0.3 is 0 Å². The molecule has 0 amide bonds. The average molecular weight is 138 g/mol. The zero-order chi connectivity index (χ0) is 7.40. The second-order valence-electron chi connectivity index (χ2n) is 2.60. The van der Waals surface area contributed by atoms with Gasteiger partial charge < -0.3 is 5.32 Å². The maximum absolute atomic E-state index is 3.83. The molecule has 0 atom stereocenters. The topological polar surface area (TPSA) is 24.4 Å². The minimum absolute atomic E-state index is 0.664. The van der Waals surface area contributed by atoms with Crippen molar-refractivity contribution in [3.05, 3.63) is 11.9 Å². The van der Waals surface area contributed by atoms with Crippen molar-refractivity contribution in [3.8, 4) is 0 Å². The van der Waals surface area contributed by atoms with Crippen molar-refractivity contribution in [2.24, 2.45) is 4.99 Å². The summed E-state index contributed by atoms with van der Waals surface area (Å²) in [7, 11) is 0. The minimum atomic E-state index is 0.664. The lowest BCUT2D eigenvalue weighted by Crippen LogP contribution is -2.33. The van der Waals surface area contributed by atoms with Crippen LogP contribution in [0.4, 0.5) is 0 Å². The van der Waals surface area contributed by atoms with Crippen molar-refractivity contribution in [1.82, 2.24) is 5.32 Å². The molecule has 0 heterocycles. The van der Waals surface area contributed by atoms with E-state index in [1.165, 1.54) is 19.3 Å². The third kappa shape index (κ3) is 1.59. The molecule has 0 aromatic carbocycles. The lowest BCUT2D eigenvalue weighted by atomic mass is 9.93. The van der Waals surface area contributed by atoms with Crippen LogP contribution in [-0.4, -0.2) is 12.8 Å². The van der Waals surface area contributed by atoms with Gasteiger partial charge in [-0.05, 0) is 39.0 Å². The number of nitrogens with one attached hydrogen (secondary N) is 1. The number of aliphatic imine (C=N–C) groups is 1. The molecule has 0 radical (unpaired) electrons. The van der Waals surface area contributed by atoms with E-state index in [2.05, 4.69) is 17.0 Å². The van der Waals surface area contributed by atoms with Gasteiger partial charge in [0.1, 0.15) is 5.82 Å². The molecular weight excluding hydrogens is 124 g/mol. The highest BCUT2D eigenvalue weighted by molar-refractivity contribution is 5.28. The molecule has 0 aliphatic heterocycles. The molecule has 0 saturated heterocycles. The van der Waals surface area contributed by atoms with Gasteiger partial charge in [-0.3, -0.25) is 0 Å². The van der Waals surface area contributed by atoms with Crippen LogP contribution in [0.25, 0.3) is 0 Å². The highest BCUT2D eigenvalue weighted by Gasteiger charge is 2.16. The Morgan fingerprint density at radius 3 is 2.70 bits per heavy atom. The Hall–Kier alpha value is -0.790. The number of hydrogen-bond acceptors (Lipinski definition) is 2. The maximum atomic E-state index is 3.83. The van der Waals surface area contributed by atoms with Crippen molar-refractivity contribution < 1.29 is 0 Å². The first-order valence-electron chi connectivity index (χ1n) is 3.76. The van der Waals surface area contributed by atoms with Crippen LogP contribution >= 0.6 is 0 Å². The fraction of sp³-hybridized carbons (Fsp3) is 0.625. The molecule has 2 nitrogen and oxygen atoms in total. The van der Waals surface area contributed by atoms with Crippen LogP contribution in [-0.2, 0) is 0 Å². The first kappa shape index (κ1) is 7.32. The normalized spacial score (nSPS) is 19.9. The average Bonchev–Trinajstić information content (AvgIpc) is 1.87. The molecule has 0 aromatic rings. The van der Waals surface area contributed by atoms with Gasteiger partial charge in [0.05, 0.1) is 0 Å². The molecule has 1 rings (SSSR count). The Labute approximate surface area is 62.0 Å². The second kappa shape index (κ2) is 3.40. The molecular formula is C8H14N2. The Morgan fingerprint density at radius 1 is 1.70 bits per heavy atom. The Balaban J connectivity index is 2.27. The Bertz CT molecular complexity index is 145. The van der Waals surface area contributed by atoms with Crippen LogP contribution in [0.3, 0.4) is 0 Å². The van der Waals surface area contributed by atoms with Crippen LogP contribution in [0.5, 0.6) is 0 Å². The number of rotatable bonds is 3. The van der Waals surface area contributed by atoms with E-state index in [1.807, 2.05) is 13.0 Å². The third-order valence-electron chi connectivity index (χ3n) is 1.90. The zero-order valence-electron chi connectivity index (χ0n) is 6.43. The molecule has 56 valence electrons. The van der Waals surface area contributed by atoms with E-state index in [1.54, 1.807) is 0 Å². The standard InChI is InChI=1S/C8H14N2/c1-3-8(9-2)10-7-5-4-6-7/h3,7,10H,2,4-6H2,1H3/b8-3+. The molecule has 1 N–H and O–H groups in total. The molecule has 0 spiro atoms. The monoisotopic (exact) mass is 138 g/mol. The fourth-order valence-electron chi connectivity index (χ4n) is 0.982. The summed E-state index contributed by atoms with van der Waals surface area (Å²) in [6, 6.07) is 0.664. The van der Waals surface area contributed by atoms with Crippen LogP contribution in [0.1, 0.15) is 26.2 Å². The summed E-state index contributed by atoms with van der Waals surface area (Å²) in [5.74, 6) is 0.921. The van der Waals surface area contributed by atoms with Crippen molar-refractivity contribution in [2.45, 2.75) is 32.2 Å². The summed E-state index contributed by atoms with van der Waals surface area (Å²) in [4.78, 5) is 3.83. The van der Waals surface area contributed by atoms with E-state index in [-0.39, 0.29) is 0 Å². The Kier molecular flexibility index (Phi) is 2.49. The molecule has 1 aliphatic carbocycles. The maximum Gasteiger partial charge on any atom is 0.121 e. The lowest BCUT2D eigenvalue weighted by molar-refractivity contribution is 0.363. The molecule has 1 saturated carbocycles. The molecule has 0 aromatic heterocycles. The van der Waals surface area contributed by atoms with Crippen molar-refractivity contribution in [2.75, 3.05) is 0 Å². The van der Waals surface area contributed by atoms with Gasteiger partial charge in [0, 0.05) is 6.04 Å². The summed E-state index contributed by atoms with van der Waals surface area (Å²) in [6.45, 7) is 5.43. The van der Waals surface area contributed by atoms with E-state index < -0.39 is 0 Å². The van der Waals surface area contributed by atoms with E-state index in [4.69, 9.17) is 0 Å². The first-order chi connectivity index (χ1) is 4.86. The fourth-order valence-corrected chi connectivity index (χ4v) is 0.982. The van der Waals surface area contributed by atoms with Gasteiger partial charge in [0.2, 0.25) is 0 Å². The summed E-state index contributed by atoms with van der Waals surface area (Å²) in [5, 5.41) is 3.28. The highest BCUT2D eigenvalue weighted by Crippen LogP contribution is 2.19. The summed E-state index contributed by atoms with van der Waals surface area (Å²) in [6.07, 6.45) is 5.87. The lowest BCUT2D eigenvalue weighted by Gasteiger charge is -2.27. The summed E-state index contributed by atoms with van der Waals surface area (Å²) < 4.78 is 0. The third-order valence-corrected chi connectivity index (χ3v) is 1.90. The quantitative estimate of drug-likeness (QED) is 0.590. The molecule has 2 heteroatoms. The predicted molar refractivity (Wildman–Crippen MR) is 44.1 cm³/mol. The number of allylic oxidation sites excluding steroid dienone is 1. The van der Waals surface area contributed by atoms with Crippen LogP contribution in [0, 0.1) is 0 Å². The molecule has 1 fully saturated rings. The Morgan fingerprint density at radius 2 is 2.40 bits per heavy atom. The SMILES string of the molecule is C=N/C(=C\C)NC1CCC1. The van der Waals surface area contributed by atoms with E-state index in [0.29, 0.717) is 6.04 Å². The predicted octanol–water partition coefficient (Wildman–Crippen LogP) is 1.69. The molecule has 1 aliphatic rings. The van der Waals surface area contributed by atoms with Gasteiger partial charge in [0.25, 0.3) is 0 Å². The van der Waals surface area contributed by atoms with Crippen LogP contribution in [0.15, 0.2) is 16.9 Å². The first-order valence-corrected chi connectivity index (χ1v) is 3.76. The van der Waals surface area contributed by atoms with Gasteiger partial charge in [0.15, 0.2) is 0 Å². The van der Waals surface area contributed by atoms with Crippen molar-refractivity contribution >= 4 is 6.72 Å².